The quantitative estimate of drug-likeness (QED) is 0.476. The Kier molecular flexibility index (Phi) is 4.38. The molecule has 1 heterocycles. The van der Waals surface area contributed by atoms with Gasteiger partial charge in [-0.15, -0.1) is 11.3 Å². The average Bonchev–Trinajstić information content (AvgIpc) is 2.56. The van der Waals surface area contributed by atoms with E-state index in [-0.39, 0.29) is 5.91 Å². The van der Waals surface area contributed by atoms with Crippen LogP contribution in [0.4, 0.5) is 0 Å². The second kappa shape index (κ2) is 5.34. The van der Waals surface area contributed by atoms with E-state index in [0.717, 1.165) is 24.8 Å². The van der Waals surface area contributed by atoms with E-state index in [1.54, 1.807) is 5.38 Å². The van der Waals surface area contributed by atoms with Crippen LogP contribution in [0.2, 0.25) is 4.34 Å². The molecular formula is C9H13ClN2OS. The van der Waals surface area contributed by atoms with Crippen LogP contribution in [0.5, 0.6) is 0 Å². The number of carbonyl (C=O) groups is 1. The molecule has 0 saturated heterocycles. The van der Waals surface area contributed by atoms with Gasteiger partial charge in [0.1, 0.15) is 0 Å². The summed E-state index contributed by atoms with van der Waals surface area (Å²) in [5, 5.41) is 1.75. The van der Waals surface area contributed by atoms with Gasteiger partial charge in [0.05, 0.1) is 9.90 Å². The predicted molar refractivity (Wildman–Crippen MR) is 59.6 cm³/mol. The highest BCUT2D eigenvalue weighted by Gasteiger charge is 2.14. The first kappa shape index (κ1) is 11.5. The summed E-state index contributed by atoms with van der Waals surface area (Å²) in [7, 11) is 0. The summed E-state index contributed by atoms with van der Waals surface area (Å²) >= 11 is 7.35. The summed E-state index contributed by atoms with van der Waals surface area (Å²) in [4.78, 5) is 11.3. The van der Waals surface area contributed by atoms with Gasteiger partial charge in [0.2, 0.25) is 0 Å². The summed E-state index contributed by atoms with van der Waals surface area (Å²) in [5.41, 5.74) is 3.65. The molecule has 3 nitrogen and oxygen atoms in total. The topological polar surface area (TPSA) is 55.1 Å². The maximum atomic E-state index is 11.3. The molecule has 0 spiro atoms. The zero-order valence-corrected chi connectivity index (χ0v) is 9.54. The molecule has 0 unspecified atom stereocenters. The SMILES string of the molecule is CCCCc1c(C(=O)NN)csc1Cl. The van der Waals surface area contributed by atoms with Gasteiger partial charge in [-0.2, -0.15) is 0 Å². The summed E-state index contributed by atoms with van der Waals surface area (Å²) < 4.78 is 0.692. The third-order valence-corrected chi connectivity index (χ3v) is 3.30. The zero-order chi connectivity index (χ0) is 10.6. The van der Waals surface area contributed by atoms with E-state index < -0.39 is 0 Å². The molecule has 0 aliphatic rings. The lowest BCUT2D eigenvalue weighted by molar-refractivity contribution is 0.0953. The second-order valence-electron chi connectivity index (χ2n) is 2.98. The van der Waals surface area contributed by atoms with Crippen molar-refractivity contribution in [1.82, 2.24) is 5.43 Å². The Hall–Kier alpha value is -0.580. The Morgan fingerprint density at radius 1 is 1.71 bits per heavy atom. The molecule has 0 aliphatic carbocycles. The summed E-state index contributed by atoms with van der Waals surface area (Å²) in [6.07, 6.45) is 2.94. The summed E-state index contributed by atoms with van der Waals surface area (Å²) in [6, 6.07) is 0. The minimum atomic E-state index is -0.265. The van der Waals surface area contributed by atoms with Gasteiger partial charge in [-0.1, -0.05) is 24.9 Å². The number of amides is 1. The van der Waals surface area contributed by atoms with Crippen molar-refractivity contribution in [2.24, 2.45) is 5.84 Å². The van der Waals surface area contributed by atoms with Crippen molar-refractivity contribution in [3.63, 3.8) is 0 Å². The number of carbonyl (C=O) groups excluding carboxylic acids is 1. The van der Waals surface area contributed by atoms with Gasteiger partial charge in [-0.25, -0.2) is 5.84 Å². The average molecular weight is 233 g/mol. The van der Waals surface area contributed by atoms with E-state index in [1.807, 2.05) is 0 Å². The Morgan fingerprint density at radius 2 is 2.43 bits per heavy atom. The Labute approximate surface area is 92.2 Å². The first-order valence-electron chi connectivity index (χ1n) is 4.47. The molecule has 1 aromatic rings. The first-order valence-corrected chi connectivity index (χ1v) is 5.73. The van der Waals surface area contributed by atoms with Crippen molar-refractivity contribution in [3.05, 3.63) is 20.8 Å². The number of nitrogens with one attached hydrogen (secondary N) is 1. The normalized spacial score (nSPS) is 10.2. The van der Waals surface area contributed by atoms with Crippen molar-refractivity contribution < 1.29 is 4.79 Å². The van der Waals surface area contributed by atoms with Crippen LogP contribution in [-0.4, -0.2) is 5.91 Å². The number of thiophene rings is 1. The molecule has 0 bridgehead atoms. The number of hydrazine groups is 1. The number of unbranched alkanes of at least 4 members (excludes halogenated alkanes) is 1. The summed E-state index contributed by atoms with van der Waals surface area (Å²) in [6.45, 7) is 2.10. The highest BCUT2D eigenvalue weighted by molar-refractivity contribution is 7.14. The van der Waals surface area contributed by atoms with Gasteiger partial charge in [-0.3, -0.25) is 10.2 Å². The molecule has 5 heteroatoms. The molecule has 0 saturated carbocycles. The molecule has 0 radical (unpaired) electrons. The molecule has 0 aliphatic heterocycles. The van der Waals surface area contributed by atoms with E-state index in [4.69, 9.17) is 17.4 Å². The van der Waals surface area contributed by atoms with E-state index in [9.17, 15) is 4.79 Å². The fourth-order valence-electron chi connectivity index (χ4n) is 1.21. The van der Waals surface area contributed by atoms with Crippen LogP contribution < -0.4 is 11.3 Å². The number of nitrogens with two attached hydrogens (primary N) is 1. The number of nitrogen functional groups attached to an aromatic ring is 1. The van der Waals surface area contributed by atoms with Gasteiger partial charge < -0.3 is 0 Å². The molecule has 1 aromatic heterocycles. The van der Waals surface area contributed by atoms with E-state index in [0.29, 0.717) is 9.90 Å². The number of hydrogen-bond donors (Lipinski definition) is 2. The van der Waals surface area contributed by atoms with Crippen molar-refractivity contribution in [1.29, 1.82) is 0 Å². The molecule has 1 amide bonds. The zero-order valence-electron chi connectivity index (χ0n) is 7.97. The third kappa shape index (κ3) is 2.47. The van der Waals surface area contributed by atoms with Crippen molar-refractivity contribution in [3.8, 4) is 0 Å². The fraction of sp³-hybridized carbons (Fsp3) is 0.444. The van der Waals surface area contributed by atoms with Crippen LogP contribution in [0.1, 0.15) is 35.7 Å². The maximum absolute atomic E-state index is 11.3. The van der Waals surface area contributed by atoms with Crippen LogP contribution in [-0.2, 0) is 6.42 Å². The first-order chi connectivity index (χ1) is 6.70. The van der Waals surface area contributed by atoms with Gasteiger partial charge in [0.15, 0.2) is 0 Å². The molecule has 14 heavy (non-hydrogen) atoms. The van der Waals surface area contributed by atoms with Crippen LogP contribution in [0.15, 0.2) is 5.38 Å². The van der Waals surface area contributed by atoms with E-state index in [2.05, 4.69) is 12.3 Å². The second-order valence-corrected chi connectivity index (χ2v) is 4.46. The van der Waals surface area contributed by atoms with Crippen molar-refractivity contribution in [2.45, 2.75) is 26.2 Å². The van der Waals surface area contributed by atoms with Crippen molar-refractivity contribution in [2.75, 3.05) is 0 Å². The van der Waals surface area contributed by atoms with Crippen LogP contribution >= 0.6 is 22.9 Å². The lowest BCUT2D eigenvalue weighted by Crippen LogP contribution is -2.30. The molecule has 78 valence electrons. The lowest BCUT2D eigenvalue weighted by Gasteiger charge is -2.02. The molecule has 3 N–H and O–H groups in total. The fourth-order valence-corrected chi connectivity index (χ4v) is 2.37. The highest BCUT2D eigenvalue weighted by Crippen LogP contribution is 2.29. The lowest BCUT2D eigenvalue weighted by atomic mass is 10.1. The monoisotopic (exact) mass is 232 g/mol. The van der Waals surface area contributed by atoms with Gasteiger partial charge in [0.25, 0.3) is 5.91 Å². The number of rotatable bonds is 4. The molecule has 0 fully saturated rings. The smallest absolute Gasteiger partial charge is 0.266 e. The van der Waals surface area contributed by atoms with Gasteiger partial charge in [0, 0.05) is 5.38 Å². The highest BCUT2D eigenvalue weighted by atomic mass is 35.5. The van der Waals surface area contributed by atoms with Crippen LogP contribution in [0, 0.1) is 0 Å². The van der Waals surface area contributed by atoms with Crippen LogP contribution in [0.25, 0.3) is 0 Å². The van der Waals surface area contributed by atoms with Gasteiger partial charge >= 0.3 is 0 Å². The molecule has 0 atom stereocenters. The number of hydrogen-bond acceptors (Lipinski definition) is 3. The summed E-state index contributed by atoms with van der Waals surface area (Å²) in [5.74, 6) is 4.81. The molecule has 1 rings (SSSR count). The standard InChI is InChI=1S/C9H13ClN2OS/c1-2-3-4-6-7(9(13)12-11)5-14-8(6)10/h5H,2-4,11H2,1H3,(H,12,13). The minimum Gasteiger partial charge on any atom is -0.290 e. The predicted octanol–water partition coefficient (Wildman–Crippen LogP) is 2.35. The Bertz CT molecular complexity index is 325. The molecular weight excluding hydrogens is 220 g/mol. The van der Waals surface area contributed by atoms with E-state index in [1.165, 1.54) is 11.3 Å². The van der Waals surface area contributed by atoms with Crippen molar-refractivity contribution >= 4 is 28.8 Å². The molecule has 0 aromatic carbocycles. The third-order valence-electron chi connectivity index (χ3n) is 2.00. The van der Waals surface area contributed by atoms with Crippen LogP contribution in [0.3, 0.4) is 0 Å². The Balaban J connectivity index is 2.88. The van der Waals surface area contributed by atoms with E-state index >= 15 is 0 Å². The van der Waals surface area contributed by atoms with Gasteiger partial charge in [-0.05, 0) is 18.4 Å². The maximum Gasteiger partial charge on any atom is 0.266 e. The Morgan fingerprint density at radius 3 is 3.00 bits per heavy atom. The minimum absolute atomic E-state index is 0.265. The number of halogens is 1. The largest absolute Gasteiger partial charge is 0.290 e.